The summed E-state index contributed by atoms with van der Waals surface area (Å²) in [7, 11) is -2.42. The van der Waals surface area contributed by atoms with E-state index < -0.39 is 40.0 Å². The fourth-order valence-electron chi connectivity index (χ4n) is 3.27. The van der Waals surface area contributed by atoms with Crippen LogP contribution >= 0.6 is 0 Å². The summed E-state index contributed by atoms with van der Waals surface area (Å²) in [4.78, 5) is 0. The predicted octanol–water partition coefficient (Wildman–Crippen LogP) is -0.386. The molecule has 0 saturated heterocycles. The molecular formula is C16H33Cl2NSi2Zr. The molecule has 1 aliphatic rings. The van der Waals surface area contributed by atoms with Crippen molar-refractivity contribution in [1.29, 1.82) is 0 Å². The van der Waals surface area contributed by atoms with Gasteiger partial charge in [0.15, 0.2) is 0 Å². The van der Waals surface area contributed by atoms with Crippen molar-refractivity contribution in [2.24, 2.45) is 5.41 Å². The van der Waals surface area contributed by atoms with E-state index in [2.05, 4.69) is 76.1 Å². The van der Waals surface area contributed by atoms with Crippen LogP contribution in [-0.4, -0.2) is 18.6 Å². The van der Waals surface area contributed by atoms with Crippen LogP contribution in [0.5, 0.6) is 0 Å². The maximum atomic E-state index is 3.08. The third-order valence-corrected chi connectivity index (χ3v) is 26.1. The molecular weight excluding hydrogens is 424 g/mol. The van der Waals surface area contributed by atoms with Gasteiger partial charge in [-0.1, -0.05) is 0 Å². The molecule has 0 aliphatic heterocycles. The van der Waals surface area contributed by atoms with Crippen LogP contribution < -0.4 is 24.8 Å². The predicted molar refractivity (Wildman–Crippen MR) is 93.4 cm³/mol. The van der Waals surface area contributed by atoms with Gasteiger partial charge in [-0.05, 0) is 0 Å². The van der Waals surface area contributed by atoms with Crippen molar-refractivity contribution in [2.75, 3.05) is 0 Å². The molecule has 0 fully saturated rings. The monoisotopic (exact) mass is 455 g/mol. The van der Waals surface area contributed by atoms with Crippen molar-refractivity contribution < 1.29 is 48.3 Å². The van der Waals surface area contributed by atoms with E-state index in [1.54, 1.807) is 16.7 Å². The summed E-state index contributed by atoms with van der Waals surface area (Å²) in [5.41, 5.74) is 5.12. The first kappa shape index (κ1) is 25.6. The van der Waals surface area contributed by atoms with Gasteiger partial charge in [-0.25, -0.2) is 0 Å². The van der Waals surface area contributed by atoms with Gasteiger partial charge in [-0.15, -0.1) is 0 Å². The number of rotatable bonds is 4. The Labute approximate surface area is 165 Å². The smallest absolute Gasteiger partial charge is 1.00 e. The Morgan fingerprint density at radius 2 is 1.14 bits per heavy atom. The molecule has 0 amide bonds. The Bertz CT molecular complexity index is 458. The molecule has 0 aromatic rings. The Kier molecular flexibility index (Phi) is 9.47. The van der Waals surface area contributed by atoms with Gasteiger partial charge in [-0.2, -0.15) is 0 Å². The van der Waals surface area contributed by atoms with Crippen molar-refractivity contribution in [3.63, 3.8) is 0 Å². The van der Waals surface area contributed by atoms with Gasteiger partial charge >= 0.3 is 141 Å². The van der Waals surface area contributed by atoms with Gasteiger partial charge in [0.1, 0.15) is 0 Å². The summed E-state index contributed by atoms with van der Waals surface area (Å²) >= 11 is -0.665. The second kappa shape index (κ2) is 8.14. The van der Waals surface area contributed by atoms with Crippen LogP contribution in [0.15, 0.2) is 20.0 Å². The summed E-state index contributed by atoms with van der Waals surface area (Å²) in [5, 5.41) is 0. The van der Waals surface area contributed by atoms with E-state index in [1.165, 1.54) is 0 Å². The standard InChI is InChI=1S/C10H15.C6H18NSi2.2ClH.Zr/c1-7-6-10(4,5)9(3)8(7)2;1-8(2,3)7-9(4,5)6;;;/h1-5H3;1-6H3;2*1H;/q;-1;;;+3/p-2. The first-order valence-electron chi connectivity index (χ1n) is 7.67. The average Bonchev–Trinajstić information content (AvgIpc) is 2.35. The molecule has 0 radical (unpaired) electrons. The summed E-state index contributed by atoms with van der Waals surface area (Å²) in [6, 6.07) is 0. The van der Waals surface area contributed by atoms with Crippen molar-refractivity contribution >= 4 is 16.5 Å². The Morgan fingerprint density at radius 1 is 0.773 bits per heavy atom. The van der Waals surface area contributed by atoms with E-state index >= 15 is 0 Å². The maximum absolute atomic E-state index is 3.08. The van der Waals surface area contributed by atoms with E-state index in [-0.39, 0.29) is 24.8 Å². The molecule has 0 bridgehead atoms. The Hall–Kier alpha value is 1.34. The number of allylic oxidation sites excluding steroid dienone is 4. The first-order valence-corrected chi connectivity index (χ1v) is 16.9. The minimum atomic E-state index is -1.21. The van der Waals surface area contributed by atoms with Crippen LogP contribution in [0.4, 0.5) is 0 Å². The minimum Gasteiger partial charge on any atom is -1.00 e. The number of hydrogen-bond acceptors (Lipinski definition) is 1. The molecule has 0 heterocycles. The molecule has 1 nitrogen and oxygen atoms in total. The van der Waals surface area contributed by atoms with Crippen molar-refractivity contribution in [3.05, 3.63) is 20.0 Å². The van der Waals surface area contributed by atoms with E-state index in [4.69, 9.17) is 0 Å². The van der Waals surface area contributed by atoms with Gasteiger partial charge in [0, 0.05) is 0 Å². The maximum Gasteiger partial charge on any atom is -1.00 e. The second-order valence-corrected chi connectivity index (χ2v) is 23.8. The molecule has 0 aromatic heterocycles. The van der Waals surface area contributed by atoms with E-state index in [1.807, 2.05) is 3.28 Å². The number of halogens is 2. The topological polar surface area (TPSA) is 3.24 Å². The fourth-order valence-corrected chi connectivity index (χ4v) is 20.8. The fraction of sp³-hybridized carbons (Fsp3) is 0.750. The molecule has 0 atom stereocenters. The molecule has 0 unspecified atom stereocenters. The summed E-state index contributed by atoms with van der Waals surface area (Å²) in [6.07, 6.45) is 0. The summed E-state index contributed by atoms with van der Waals surface area (Å²) < 4.78 is 4.91. The molecule has 0 aromatic carbocycles. The molecule has 6 heteroatoms. The molecule has 1 rings (SSSR count). The number of hydrogen-bond donors (Lipinski definition) is 0. The average molecular weight is 458 g/mol. The van der Waals surface area contributed by atoms with E-state index in [9.17, 15) is 0 Å². The van der Waals surface area contributed by atoms with Crippen LogP contribution in [0.2, 0.25) is 39.3 Å². The van der Waals surface area contributed by atoms with Crippen LogP contribution in [0.1, 0.15) is 34.6 Å². The van der Waals surface area contributed by atoms with E-state index in [0.717, 1.165) is 0 Å². The molecule has 0 spiro atoms. The third-order valence-electron chi connectivity index (χ3n) is 4.63. The quantitative estimate of drug-likeness (QED) is 0.520. The summed E-state index contributed by atoms with van der Waals surface area (Å²) in [6.45, 7) is 27.2. The molecule has 0 N–H and O–H groups in total. The Morgan fingerprint density at radius 3 is 1.36 bits per heavy atom. The molecule has 22 heavy (non-hydrogen) atoms. The molecule has 0 saturated carbocycles. The van der Waals surface area contributed by atoms with Crippen LogP contribution in [0.3, 0.4) is 0 Å². The zero-order valence-electron chi connectivity index (χ0n) is 16.2. The normalized spacial score (nSPS) is 18.2. The first-order chi connectivity index (χ1) is 8.70. The third kappa shape index (κ3) is 5.16. The van der Waals surface area contributed by atoms with Crippen LogP contribution in [0, 0.1) is 5.41 Å². The SMILES string of the molecule is CC1=C(C)C(C)(C)[C]([Zr+2][N]([Si](C)(C)C)[Si](C)(C)C)=C1C.[Cl-].[Cl-]. The van der Waals surface area contributed by atoms with E-state index in [0.29, 0.717) is 5.41 Å². The Balaban J connectivity index is 0. The zero-order valence-corrected chi connectivity index (χ0v) is 22.2. The van der Waals surface area contributed by atoms with Gasteiger partial charge in [0.25, 0.3) is 0 Å². The number of nitrogens with zero attached hydrogens (tertiary/aromatic N) is 1. The van der Waals surface area contributed by atoms with Crippen molar-refractivity contribution in [2.45, 2.75) is 73.9 Å². The largest absolute Gasteiger partial charge is 1.00 e. The zero-order chi connectivity index (χ0) is 16.1. The second-order valence-electron chi connectivity index (χ2n) is 8.66. The molecule has 128 valence electrons. The summed E-state index contributed by atoms with van der Waals surface area (Å²) in [5.74, 6) is 0. The minimum absolute atomic E-state index is 0. The van der Waals surface area contributed by atoms with Crippen LogP contribution in [-0.2, 0) is 23.5 Å². The molecule has 1 aliphatic carbocycles. The van der Waals surface area contributed by atoms with Gasteiger partial charge < -0.3 is 24.8 Å². The van der Waals surface area contributed by atoms with Crippen molar-refractivity contribution in [1.82, 2.24) is 2.17 Å². The van der Waals surface area contributed by atoms with Gasteiger partial charge in [-0.3, -0.25) is 0 Å². The van der Waals surface area contributed by atoms with Gasteiger partial charge in [0.2, 0.25) is 0 Å². The van der Waals surface area contributed by atoms with Crippen LogP contribution in [0.25, 0.3) is 0 Å². The van der Waals surface area contributed by atoms with Crippen molar-refractivity contribution in [3.8, 4) is 0 Å². The van der Waals surface area contributed by atoms with Gasteiger partial charge in [0.05, 0.1) is 0 Å².